The van der Waals surface area contributed by atoms with Gasteiger partial charge in [0, 0.05) is 35.9 Å². The van der Waals surface area contributed by atoms with Crippen LogP contribution in [0.25, 0.3) is 0 Å². The molecule has 140 valence electrons. The molecule has 27 heavy (non-hydrogen) atoms. The maximum absolute atomic E-state index is 10.0. The molecule has 1 unspecified atom stereocenters. The Bertz CT molecular complexity index is 896. The Morgan fingerprint density at radius 3 is 2.89 bits per heavy atom. The summed E-state index contributed by atoms with van der Waals surface area (Å²) in [6, 6.07) is 10.2. The summed E-state index contributed by atoms with van der Waals surface area (Å²) in [6.45, 7) is 4.89. The van der Waals surface area contributed by atoms with Crippen molar-refractivity contribution in [3.05, 3.63) is 57.9 Å². The van der Waals surface area contributed by atoms with E-state index in [1.54, 1.807) is 6.20 Å². The molecule has 1 atom stereocenters. The molecule has 0 aliphatic carbocycles. The van der Waals surface area contributed by atoms with Gasteiger partial charge in [-0.05, 0) is 38.2 Å². The number of H-pyrrole nitrogens is 1. The highest BCUT2D eigenvalue weighted by molar-refractivity contribution is 6.31. The summed E-state index contributed by atoms with van der Waals surface area (Å²) in [4.78, 5) is 4.77. The number of likely N-dealkylation sites (N-methyl/N-ethyl adjacent to an activating group) is 1. The molecule has 0 saturated carbocycles. The van der Waals surface area contributed by atoms with E-state index in [9.17, 15) is 5.26 Å². The second kappa shape index (κ2) is 7.73. The third-order valence-corrected chi connectivity index (χ3v) is 5.74. The van der Waals surface area contributed by atoms with Gasteiger partial charge in [-0.2, -0.15) is 10.4 Å². The van der Waals surface area contributed by atoms with Crippen LogP contribution in [0.15, 0.2) is 41.7 Å². The summed E-state index contributed by atoms with van der Waals surface area (Å²) in [5, 5.41) is 21.3. The average Bonchev–Trinajstić information content (AvgIpc) is 3.04. The molecule has 7 heteroatoms. The van der Waals surface area contributed by atoms with Crippen LogP contribution in [0, 0.1) is 11.3 Å². The number of hydrogen-bond donors (Lipinski definition) is 2. The van der Waals surface area contributed by atoms with E-state index < -0.39 is 0 Å². The Balaban J connectivity index is 1.71. The van der Waals surface area contributed by atoms with Crippen molar-refractivity contribution >= 4 is 17.4 Å². The van der Waals surface area contributed by atoms with Gasteiger partial charge in [0.1, 0.15) is 5.82 Å². The fraction of sp³-hybridized carbons (Fsp3) is 0.400. The van der Waals surface area contributed by atoms with Crippen LogP contribution in [0.3, 0.4) is 0 Å². The van der Waals surface area contributed by atoms with Gasteiger partial charge < -0.3 is 10.2 Å². The largest absolute Gasteiger partial charge is 0.342 e. The number of rotatable bonds is 3. The molecule has 6 nitrogen and oxygen atoms in total. The molecular weight excluding hydrogens is 360 g/mol. The zero-order valence-electron chi connectivity index (χ0n) is 15.4. The van der Waals surface area contributed by atoms with Crippen molar-refractivity contribution in [3.63, 3.8) is 0 Å². The van der Waals surface area contributed by atoms with Crippen molar-refractivity contribution in [1.82, 2.24) is 20.0 Å². The van der Waals surface area contributed by atoms with Crippen LogP contribution in [-0.2, 0) is 0 Å². The van der Waals surface area contributed by atoms with Gasteiger partial charge in [-0.25, -0.2) is 0 Å². The number of fused-ring (bicyclic) bond motifs is 1. The van der Waals surface area contributed by atoms with Crippen molar-refractivity contribution in [2.75, 3.05) is 45.1 Å². The van der Waals surface area contributed by atoms with Crippen LogP contribution < -0.4 is 5.32 Å². The molecular formula is C20H23ClN6. The first-order valence-electron chi connectivity index (χ1n) is 9.26. The first kappa shape index (κ1) is 18.1. The molecule has 2 aliphatic heterocycles. The van der Waals surface area contributed by atoms with Gasteiger partial charge in [0.15, 0.2) is 0 Å². The van der Waals surface area contributed by atoms with Gasteiger partial charge in [-0.1, -0.05) is 29.8 Å². The lowest BCUT2D eigenvalue weighted by Gasteiger charge is -2.30. The number of halogens is 1. The van der Waals surface area contributed by atoms with E-state index in [-0.39, 0.29) is 5.92 Å². The van der Waals surface area contributed by atoms with E-state index in [2.05, 4.69) is 38.4 Å². The van der Waals surface area contributed by atoms with E-state index in [0.29, 0.717) is 5.02 Å². The fourth-order valence-corrected chi connectivity index (χ4v) is 4.18. The molecule has 2 aromatic rings. The van der Waals surface area contributed by atoms with Crippen molar-refractivity contribution < 1.29 is 0 Å². The van der Waals surface area contributed by atoms with Crippen molar-refractivity contribution in [1.29, 1.82) is 5.26 Å². The smallest absolute Gasteiger partial charge is 0.129 e. The van der Waals surface area contributed by atoms with Crippen LogP contribution in [0.1, 0.15) is 23.5 Å². The lowest BCUT2D eigenvalue weighted by atomic mass is 9.83. The van der Waals surface area contributed by atoms with E-state index in [4.69, 9.17) is 11.6 Å². The van der Waals surface area contributed by atoms with Crippen LogP contribution >= 0.6 is 11.6 Å². The molecule has 0 spiro atoms. The maximum Gasteiger partial charge on any atom is 0.129 e. The number of aromatic nitrogens is 2. The number of nitriles is 1. The van der Waals surface area contributed by atoms with E-state index >= 15 is 0 Å². The quantitative estimate of drug-likeness (QED) is 0.853. The molecule has 1 fully saturated rings. The zero-order valence-corrected chi connectivity index (χ0v) is 16.1. The molecule has 0 radical (unpaired) electrons. The topological polar surface area (TPSA) is 71.0 Å². The lowest BCUT2D eigenvalue weighted by molar-refractivity contribution is 0.295. The highest BCUT2D eigenvalue weighted by Crippen LogP contribution is 2.42. The van der Waals surface area contributed by atoms with Crippen LogP contribution in [0.4, 0.5) is 5.82 Å². The summed E-state index contributed by atoms with van der Waals surface area (Å²) in [7, 11) is 2.16. The third kappa shape index (κ3) is 3.59. The summed E-state index contributed by atoms with van der Waals surface area (Å²) in [5.74, 6) is 0.643. The van der Waals surface area contributed by atoms with Gasteiger partial charge in [-0.15, -0.1) is 0 Å². The second-order valence-electron chi connectivity index (χ2n) is 7.22. The van der Waals surface area contributed by atoms with Crippen LogP contribution in [0.2, 0.25) is 5.02 Å². The minimum atomic E-state index is -0.205. The molecule has 0 amide bonds. The number of benzene rings is 1. The summed E-state index contributed by atoms with van der Waals surface area (Å²) in [5.41, 5.74) is 3.55. The number of nitrogens with one attached hydrogen (secondary N) is 2. The number of allylic oxidation sites excluding steroid dienone is 1. The molecule has 3 heterocycles. The monoisotopic (exact) mass is 382 g/mol. The Morgan fingerprint density at radius 2 is 2.07 bits per heavy atom. The lowest BCUT2D eigenvalue weighted by Crippen LogP contribution is -2.34. The molecule has 0 bridgehead atoms. The number of aromatic amines is 1. The minimum Gasteiger partial charge on any atom is -0.342 e. The van der Waals surface area contributed by atoms with Gasteiger partial charge in [0.25, 0.3) is 0 Å². The van der Waals surface area contributed by atoms with Gasteiger partial charge in [0.2, 0.25) is 0 Å². The normalized spacial score (nSPS) is 21.3. The Hall–Kier alpha value is -2.33. The zero-order chi connectivity index (χ0) is 18.8. The van der Waals surface area contributed by atoms with Crippen molar-refractivity contribution in [3.8, 4) is 6.07 Å². The fourth-order valence-electron chi connectivity index (χ4n) is 3.93. The predicted octanol–water partition coefficient (Wildman–Crippen LogP) is 3.04. The standard InChI is InChI=1S/C20H23ClN6/c1-26-7-4-8-27(10-9-26)13-18-15(11-22)19(14-5-2-3-6-17(14)21)16-12-23-25-20(16)24-18/h2-3,5-6,12,19H,4,7-10,13H2,1H3,(H2,23,24,25). The van der Waals surface area contributed by atoms with Gasteiger partial charge in [-0.3, -0.25) is 10.00 Å². The van der Waals surface area contributed by atoms with E-state index in [0.717, 1.165) is 67.4 Å². The van der Waals surface area contributed by atoms with Crippen molar-refractivity contribution in [2.45, 2.75) is 12.3 Å². The SMILES string of the molecule is CN1CCCN(CC2=C(C#N)C(c3ccccc3Cl)c3cn[nH]c3N2)CC1. The van der Waals surface area contributed by atoms with Crippen LogP contribution in [0.5, 0.6) is 0 Å². The average molecular weight is 383 g/mol. The van der Waals surface area contributed by atoms with Crippen molar-refractivity contribution in [2.24, 2.45) is 0 Å². The molecule has 4 rings (SSSR count). The Labute approximate surface area is 164 Å². The molecule has 1 aromatic carbocycles. The van der Waals surface area contributed by atoms with Gasteiger partial charge >= 0.3 is 0 Å². The summed E-state index contributed by atoms with van der Waals surface area (Å²) < 4.78 is 0. The summed E-state index contributed by atoms with van der Waals surface area (Å²) in [6.07, 6.45) is 2.92. The number of nitrogens with zero attached hydrogens (tertiary/aromatic N) is 4. The van der Waals surface area contributed by atoms with E-state index in [1.165, 1.54) is 0 Å². The molecule has 2 aliphatic rings. The number of anilines is 1. The Morgan fingerprint density at radius 1 is 1.22 bits per heavy atom. The Kier molecular flexibility index (Phi) is 5.17. The first-order chi connectivity index (χ1) is 13.2. The third-order valence-electron chi connectivity index (χ3n) is 5.40. The van der Waals surface area contributed by atoms with E-state index in [1.807, 2.05) is 24.3 Å². The molecule has 1 saturated heterocycles. The molecule has 1 aromatic heterocycles. The second-order valence-corrected chi connectivity index (χ2v) is 7.62. The maximum atomic E-state index is 10.0. The predicted molar refractivity (Wildman–Crippen MR) is 107 cm³/mol. The summed E-state index contributed by atoms with van der Waals surface area (Å²) >= 11 is 6.49. The molecule has 2 N–H and O–H groups in total. The minimum absolute atomic E-state index is 0.205. The van der Waals surface area contributed by atoms with Crippen LogP contribution in [-0.4, -0.2) is 59.8 Å². The van der Waals surface area contributed by atoms with Gasteiger partial charge in [0.05, 0.1) is 23.8 Å². The highest BCUT2D eigenvalue weighted by Gasteiger charge is 2.32. The first-order valence-corrected chi connectivity index (χ1v) is 9.64. The number of hydrogen-bond acceptors (Lipinski definition) is 5. The highest BCUT2D eigenvalue weighted by atomic mass is 35.5.